The lowest BCUT2D eigenvalue weighted by molar-refractivity contribution is -0.116. The molecule has 0 saturated carbocycles. The summed E-state index contributed by atoms with van der Waals surface area (Å²) in [6.07, 6.45) is 0.580. The van der Waals surface area contributed by atoms with Gasteiger partial charge in [0.05, 0.1) is 11.3 Å². The highest BCUT2D eigenvalue weighted by Crippen LogP contribution is 2.29. The third-order valence-electron chi connectivity index (χ3n) is 4.12. The summed E-state index contributed by atoms with van der Waals surface area (Å²) in [4.78, 5) is 26.5. The van der Waals surface area contributed by atoms with Crippen LogP contribution < -0.4 is 5.32 Å². The van der Waals surface area contributed by atoms with Gasteiger partial charge in [0.2, 0.25) is 5.91 Å². The second-order valence-electron chi connectivity index (χ2n) is 6.55. The Bertz CT molecular complexity index is 1020. The molecule has 0 aliphatic heterocycles. The summed E-state index contributed by atoms with van der Waals surface area (Å²) in [6, 6.07) is 17.0. The van der Waals surface area contributed by atoms with E-state index in [4.69, 9.17) is 4.42 Å². The smallest absolute Gasteiger partial charge is 0.286 e. The first-order valence-corrected chi connectivity index (χ1v) is 9.87. The zero-order valence-corrected chi connectivity index (χ0v) is 17.0. The molecule has 0 atom stereocenters. The zero-order chi connectivity index (χ0) is 20.8. The van der Waals surface area contributed by atoms with Gasteiger partial charge in [0.15, 0.2) is 0 Å². The fourth-order valence-electron chi connectivity index (χ4n) is 2.61. The molecule has 0 bridgehead atoms. The number of anilines is 1. The van der Waals surface area contributed by atoms with E-state index < -0.39 is 0 Å². The Balaban J connectivity index is 1.60. The van der Waals surface area contributed by atoms with Crippen LogP contribution in [-0.2, 0) is 11.2 Å². The summed E-state index contributed by atoms with van der Waals surface area (Å²) >= 11 is 1.06. The van der Waals surface area contributed by atoms with Crippen molar-refractivity contribution in [2.75, 3.05) is 19.4 Å². The van der Waals surface area contributed by atoms with Crippen LogP contribution in [0.4, 0.5) is 14.9 Å². The van der Waals surface area contributed by atoms with Crippen molar-refractivity contribution in [3.63, 3.8) is 0 Å². The van der Waals surface area contributed by atoms with E-state index in [2.05, 4.69) is 5.32 Å². The number of furan rings is 1. The number of aryl methyl sites for hydroxylation is 1. The lowest BCUT2D eigenvalue weighted by Crippen LogP contribution is -2.17. The molecule has 0 spiro atoms. The van der Waals surface area contributed by atoms with Gasteiger partial charge < -0.3 is 14.6 Å². The van der Waals surface area contributed by atoms with Crippen LogP contribution in [-0.4, -0.2) is 30.1 Å². The molecular weight excluding hydrogens is 391 g/mol. The molecular formula is C22H21FN2O3S. The number of thioether (sulfide) groups is 1. The summed E-state index contributed by atoms with van der Waals surface area (Å²) < 4.78 is 19.5. The monoisotopic (exact) mass is 412 g/mol. The van der Waals surface area contributed by atoms with Crippen molar-refractivity contribution >= 4 is 28.6 Å². The molecule has 7 heteroatoms. The summed E-state index contributed by atoms with van der Waals surface area (Å²) in [6.45, 7) is 0. The minimum atomic E-state index is -0.354. The molecule has 3 rings (SSSR count). The van der Waals surface area contributed by atoms with Crippen LogP contribution in [0.25, 0.3) is 11.3 Å². The summed E-state index contributed by atoms with van der Waals surface area (Å²) in [7, 11) is 3.35. The van der Waals surface area contributed by atoms with Crippen LogP contribution in [0.5, 0.6) is 0 Å². The van der Waals surface area contributed by atoms with Gasteiger partial charge in [-0.05, 0) is 48.2 Å². The number of amides is 2. The Labute approximate surface area is 172 Å². The van der Waals surface area contributed by atoms with E-state index in [1.807, 2.05) is 6.07 Å². The lowest BCUT2D eigenvalue weighted by atomic mass is 10.1. The number of halogens is 1. The van der Waals surface area contributed by atoms with Crippen molar-refractivity contribution in [1.82, 2.24) is 4.90 Å². The minimum Gasteiger partial charge on any atom is -0.461 e. The number of hydrogen-bond acceptors (Lipinski definition) is 4. The standard InChI is InChI=1S/C22H21FN2O3S/c1-25(2)22(27)29-20-10-6-5-9-18(20)24-21(26)14-12-15-11-13-19(28-15)16-7-3-4-8-17(16)23/h3-11,13H,12,14H2,1-2H3,(H,24,26). The van der Waals surface area contributed by atoms with Crippen molar-refractivity contribution in [2.24, 2.45) is 0 Å². The lowest BCUT2D eigenvalue weighted by Gasteiger charge is -2.13. The zero-order valence-electron chi connectivity index (χ0n) is 16.1. The quantitative estimate of drug-likeness (QED) is 0.548. The molecule has 1 N–H and O–H groups in total. The van der Waals surface area contributed by atoms with Crippen molar-refractivity contribution in [2.45, 2.75) is 17.7 Å². The van der Waals surface area contributed by atoms with Crippen molar-refractivity contribution < 1.29 is 18.4 Å². The number of nitrogens with zero attached hydrogens (tertiary/aromatic N) is 1. The van der Waals surface area contributed by atoms with Gasteiger partial charge >= 0.3 is 0 Å². The molecule has 29 heavy (non-hydrogen) atoms. The fraction of sp³-hybridized carbons (Fsp3) is 0.182. The van der Waals surface area contributed by atoms with Gasteiger partial charge in [-0.2, -0.15) is 0 Å². The Kier molecular flexibility index (Phi) is 6.72. The summed E-state index contributed by atoms with van der Waals surface area (Å²) in [5.74, 6) is 0.484. The van der Waals surface area contributed by atoms with E-state index in [9.17, 15) is 14.0 Å². The molecule has 0 radical (unpaired) electrons. The van der Waals surface area contributed by atoms with Crippen LogP contribution in [0.1, 0.15) is 12.2 Å². The Morgan fingerprint density at radius 3 is 2.52 bits per heavy atom. The first-order valence-electron chi connectivity index (χ1n) is 9.05. The first kappa shape index (κ1) is 20.7. The van der Waals surface area contributed by atoms with Gasteiger partial charge in [-0.3, -0.25) is 9.59 Å². The van der Waals surface area contributed by atoms with Crippen LogP contribution >= 0.6 is 11.8 Å². The van der Waals surface area contributed by atoms with Gasteiger partial charge in [-0.25, -0.2) is 4.39 Å². The average Bonchev–Trinajstić information content (AvgIpc) is 3.17. The van der Waals surface area contributed by atoms with E-state index in [0.717, 1.165) is 11.8 Å². The van der Waals surface area contributed by atoms with Crippen LogP contribution in [0.3, 0.4) is 0 Å². The molecule has 2 amide bonds. The van der Waals surface area contributed by atoms with Crippen LogP contribution in [0.2, 0.25) is 0 Å². The van der Waals surface area contributed by atoms with Gasteiger partial charge in [0.25, 0.3) is 5.24 Å². The largest absolute Gasteiger partial charge is 0.461 e. The van der Waals surface area contributed by atoms with E-state index in [1.54, 1.807) is 62.6 Å². The highest BCUT2D eigenvalue weighted by atomic mass is 32.2. The maximum atomic E-state index is 13.9. The first-order chi connectivity index (χ1) is 13.9. The number of benzene rings is 2. The number of carbonyl (C=O) groups excluding carboxylic acids is 2. The maximum Gasteiger partial charge on any atom is 0.286 e. The molecule has 0 fully saturated rings. The van der Waals surface area contributed by atoms with Gasteiger partial charge in [-0.1, -0.05) is 24.3 Å². The van der Waals surface area contributed by atoms with Gasteiger partial charge in [0, 0.05) is 31.8 Å². The molecule has 150 valence electrons. The minimum absolute atomic E-state index is 0.122. The molecule has 1 aromatic heterocycles. The number of rotatable bonds is 6. The SMILES string of the molecule is CN(C)C(=O)Sc1ccccc1NC(=O)CCc1ccc(-c2ccccc2F)o1. The third kappa shape index (κ3) is 5.48. The molecule has 0 saturated heterocycles. The second kappa shape index (κ2) is 9.43. The Hall–Kier alpha value is -3.06. The summed E-state index contributed by atoms with van der Waals surface area (Å²) in [5.41, 5.74) is 0.976. The molecule has 1 heterocycles. The number of hydrogen-bond donors (Lipinski definition) is 1. The molecule has 5 nitrogen and oxygen atoms in total. The van der Waals surface area contributed by atoms with Gasteiger partial charge in [0.1, 0.15) is 17.3 Å². The molecule has 2 aromatic carbocycles. The van der Waals surface area contributed by atoms with E-state index in [1.165, 1.54) is 11.0 Å². The maximum absolute atomic E-state index is 13.9. The highest BCUT2D eigenvalue weighted by molar-refractivity contribution is 8.13. The van der Waals surface area contributed by atoms with E-state index in [-0.39, 0.29) is 23.4 Å². The van der Waals surface area contributed by atoms with Crippen molar-refractivity contribution in [1.29, 1.82) is 0 Å². The second-order valence-corrected chi connectivity index (χ2v) is 7.55. The normalized spacial score (nSPS) is 10.6. The summed E-state index contributed by atoms with van der Waals surface area (Å²) in [5, 5.41) is 2.72. The van der Waals surface area contributed by atoms with Crippen molar-refractivity contribution in [3.05, 3.63) is 72.2 Å². The molecule has 0 aliphatic carbocycles. The van der Waals surface area contributed by atoms with E-state index >= 15 is 0 Å². The highest BCUT2D eigenvalue weighted by Gasteiger charge is 2.14. The van der Waals surface area contributed by atoms with Gasteiger partial charge in [-0.15, -0.1) is 0 Å². The predicted molar refractivity (Wildman–Crippen MR) is 112 cm³/mol. The predicted octanol–water partition coefficient (Wildman–Crippen LogP) is 5.43. The van der Waals surface area contributed by atoms with Crippen LogP contribution in [0, 0.1) is 5.82 Å². The Morgan fingerprint density at radius 1 is 1.03 bits per heavy atom. The average molecular weight is 412 g/mol. The molecule has 3 aromatic rings. The molecule has 0 unspecified atom stereocenters. The topological polar surface area (TPSA) is 62.6 Å². The van der Waals surface area contributed by atoms with E-state index in [0.29, 0.717) is 34.1 Å². The van der Waals surface area contributed by atoms with Crippen LogP contribution in [0.15, 0.2) is 70.0 Å². The number of nitrogens with one attached hydrogen (secondary N) is 1. The fourth-order valence-corrected chi connectivity index (χ4v) is 3.36. The number of para-hydroxylation sites is 1. The number of carbonyl (C=O) groups is 2. The van der Waals surface area contributed by atoms with Crippen molar-refractivity contribution in [3.8, 4) is 11.3 Å². The third-order valence-corrected chi connectivity index (χ3v) is 5.24. The Morgan fingerprint density at radius 2 is 1.76 bits per heavy atom. The molecule has 0 aliphatic rings.